The fourth-order valence-corrected chi connectivity index (χ4v) is 3.68. The summed E-state index contributed by atoms with van der Waals surface area (Å²) in [6, 6.07) is 1.91. The maximum absolute atomic E-state index is 12.3. The quantitative estimate of drug-likeness (QED) is 0.695. The van der Waals surface area contributed by atoms with E-state index in [0.717, 1.165) is 25.8 Å². The zero-order valence-corrected chi connectivity index (χ0v) is 15.3. The van der Waals surface area contributed by atoms with Crippen molar-refractivity contribution < 1.29 is 4.79 Å². The van der Waals surface area contributed by atoms with Crippen LogP contribution in [0.5, 0.6) is 0 Å². The Bertz CT molecular complexity index is 539. The van der Waals surface area contributed by atoms with Crippen molar-refractivity contribution in [3.05, 3.63) is 26.2 Å². The van der Waals surface area contributed by atoms with Crippen LogP contribution in [0, 0.1) is 0 Å². The van der Waals surface area contributed by atoms with Crippen LogP contribution < -0.4 is 5.32 Å². The van der Waals surface area contributed by atoms with Gasteiger partial charge in [0.05, 0.1) is 32.3 Å². The molecule has 0 spiro atoms. The van der Waals surface area contributed by atoms with E-state index in [9.17, 15) is 4.79 Å². The third-order valence-corrected chi connectivity index (χ3v) is 5.52. The summed E-state index contributed by atoms with van der Waals surface area (Å²) in [7, 11) is 0. The van der Waals surface area contributed by atoms with E-state index in [2.05, 4.69) is 17.1 Å². The Kier molecular flexibility index (Phi) is 6.66. The van der Waals surface area contributed by atoms with Crippen LogP contribution in [0.3, 0.4) is 0 Å². The predicted octanol–water partition coefficient (Wildman–Crippen LogP) is 5.50. The van der Waals surface area contributed by atoms with Crippen LogP contribution in [-0.2, 0) is 4.79 Å². The van der Waals surface area contributed by atoms with Crippen LogP contribution in [0.2, 0.25) is 20.1 Å². The van der Waals surface area contributed by atoms with Crippen LogP contribution in [0.4, 0.5) is 5.69 Å². The van der Waals surface area contributed by atoms with Gasteiger partial charge in [-0.1, -0.05) is 59.7 Å². The Morgan fingerprint density at radius 1 is 1.23 bits per heavy atom. The average Bonchev–Trinajstić information content (AvgIpc) is 2.50. The number of carbonyl (C=O) groups excluding carboxylic acids is 1. The second-order valence-corrected chi connectivity index (χ2v) is 6.99. The summed E-state index contributed by atoms with van der Waals surface area (Å²) in [5.74, 6) is -0.164. The van der Waals surface area contributed by atoms with Gasteiger partial charge >= 0.3 is 0 Å². The molecule has 3 nitrogen and oxygen atoms in total. The first-order valence-electron chi connectivity index (χ1n) is 7.31. The first kappa shape index (κ1) is 18.2. The largest absolute Gasteiger partial charge is 0.322 e. The molecule has 1 N–H and O–H groups in total. The summed E-state index contributed by atoms with van der Waals surface area (Å²) in [5, 5.41) is 3.67. The van der Waals surface area contributed by atoms with Gasteiger partial charge in [-0.3, -0.25) is 9.69 Å². The molecule has 1 aromatic rings. The molecule has 1 saturated heterocycles. The fourth-order valence-electron chi connectivity index (χ4n) is 2.78. The molecular formula is C15H18Cl4N2O. The number of benzene rings is 1. The third-order valence-electron chi connectivity index (χ3n) is 3.94. The lowest BCUT2D eigenvalue weighted by atomic mass is 10.00. The Morgan fingerprint density at radius 2 is 1.86 bits per heavy atom. The molecule has 1 fully saturated rings. The van der Waals surface area contributed by atoms with Gasteiger partial charge in [-0.15, -0.1) is 0 Å². The normalized spacial score (nSPS) is 19.2. The number of piperidine rings is 1. The number of nitrogens with zero attached hydrogens (tertiary/aromatic N) is 1. The minimum absolute atomic E-state index is 0.164. The molecule has 7 heteroatoms. The molecule has 1 atom stereocenters. The van der Waals surface area contributed by atoms with Gasteiger partial charge in [-0.05, 0) is 31.9 Å². The van der Waals surface area contributed by atoms with Crippen molar-refractivity contribution >= 4 is 58.0 Å². The molecule has 1 heterocycles. The Balaban J connectivity index is 2.09. The van der Waals surface area contributed by atoms with Crippen molar-refractivity contribution in [2.45, 2.75) is 38.6 Å². The van der Waals surface area contributed by atoms with Gasteiger partial charge < -0.3 is 5.32 Å². The van der Waals surface area contributed by atoms with Crippen molar-refractivity contribution in [1.82, 2.24) is 4.90 Å². The van der Waals surface area contributed by atoms with E-state index in [0.29, 0.717) is 12.6 Å². The molecule has 0 radical (unpaired) electrons. The summed E-state index contributed by atoms with van der Waals surface area (Å²) in [4.78, 5) is 14.5. The van der Waals surface area contributed by atoms with Crippen molar-refractivity contribution in [3.63, 3.8) is 0 Å². The fraction of sp³-hybridized carbons (Fsp3) is 0.533. The summed E-state index contributed by atoms with van der Waals surface area (Å²) in [6.07, 6.45) is 4.51. The minimum atomic E-state index is -0.164. The maximum atomic E-state index is 12.3. The summed E-state index contributed by atoms with van der Waals surface area (Å²) in [5.41, 5.74) is 0.274. The number of anilines is 1. The number of hydrogen-bond donors (Lipinski definition) is 1. The highest BCUT2D eigenvalue weighted by Crippen LogP contribution is 2.41. The summed E-state index contributed by atoms with van der Waals surface area (Å²) < 4.78 is 0. The standard InChI is InChI=1S/C15H18Cl4N2O/c1-2-9-5-3-4-6-21(9)8-12(22)20-15-13(18)10(16)7-11(17)14(15)19/h7,9H,2-6,8H2,1H3,(H,20,22). The Morgan fingerprint density at radius 3 is 2.45 bits per heavy atom. The van der Waals surface area contributed by atoms with Gasteiger partial charge in [0.15, 0.2) is 0 Å². The van der Waals surface area contributed by atoms with Crippen LogP contribution in [0.15, 0.2) is 6.07 Å². The molecular weight excluding hydrogens is 366 g/mol. The van der Waals surface area contributed by atoms with Crippen molar-refractivity contribution in [2.24, 2.45) is 0 Å². The molecule has 0 bridgehead atoms. The van der Waals surface area contributed by atoms with Crippen LogP contribution in [0.1, 0.15) is 32.6 Å². The van der Waals surface area contributed by atoms with Gasteiger partial charge in [-0.25, -0.2) is 0 Å². The smallest absolute Gasteiger partial charge is 0.238 e. The first-order chi connectivity index (χ1) is 10.4. The predicted molar refractivity (Wildman–Crippen MR) is 94.6 cm³/mol. The second kappa shape index (κ2) is 8.07. The lowest BCUT2D eigenvalue weighted by molar-refractivity contribution is -0.118. The number of halogens is 4. The van der Waals surface area contributed by atoms with Gasteiger partial charge in [0.25, 0.3) is 0 Å². The number of carbonyl (C=O) groups is 1. The highest BCUT2D eigenvalue weighted by Gasteiger charge is 2.24. The average molecular weight is 384 g/mol. The van der Waals surface area contributed by atoms with Gasteiger partial charge in [0, 0.05) is 6.04 Å². The molecule has 1 aliphatic rings. The van der Waals surface area contributed by atoms with Gasteiger partial charge in [0.2, 0.25) is 5.91 Å². The monoisotopic (exact) mass is 382 g/mol. The molecule has 22 heavy (non-hydrogen) atoms. The van der Waals surface area contributed by atoms with Gasteiger partial charge in [0.1, 0.15) is 0 Å². The summed E-state index contributed by atoms with van der Waals surface area (Å²) >= 11 is 24.2. The zero-order valence-electron chi connectivity index (χ0n) is 12.3. The molecule has 1 aromatic carbocycles. The second-order valence-electron chi connectivity index (χ2n) is 5.42. The highest BCUT2D eigenvalue weighted by molar-refractivity contribution is 6.50. The van der Waals surface area contributed by atoms with Crippen molar-refractivity contribution in [3.8, 4) is 0 Å². The van der Waals surface area contributed by atoms with Crippen LogP contribution in [0.25, 0.3) is 0 Å². The number of amides is 1. The van der Waals surface area contributed by atoms with E-state index in [1.165, 1.54) is 12.5 Å². The van der Waals surface area contributed by atoms with E-state index >= 15 is 0 Å². The Labute approximate surface area is 150 Å². The number of hydrogen-bond acceptors (Lipinski definition) is 2. The lowest BCUT2D eigenvalue weighted by Gasteiger charge is -2.34. The molecule has 1 aliphatic heterocycles. The van der Waals surface area contributed by atoms with E-state index < -0.39 is 0 Å². The minimum Gasteiger partial charge on any atom is -0.322 e. The zero-order chi connectivity index (χ0) is 16.3. The number of rotatable bonds is 4. The SMILES string of the molecule is CCC1CCCCN1CC(=O)Nc1c(Cl)c(Cl)cc(Cl)c1Cl. The van der Waals surface area contributed by atoms with Crippen LogP contribution >= 0.6 is 46.4 Å². The number of nitrogens with one attached hydrogen (secondary N) is 1. The molecule has 1 unspecified atom stereocenters. The molecule has 0 aromatic heterocycles. The maximum Gasteiger partial charge on any atom is 0.238 e. The molecule has 1 amide bonds. The van der Waals surface area contributed by atoms with E-state index in [-0.39, 0.29) is 31.7 Å². The lowest BCUT2D eigenvalue weighted by Crippen LogP contribution is -2.43. The highest BCUT2D eigenvalue weighted by atomic mass is 35.5. The molecule has 0 saturated carbocycles. The molecule has 0 aliphatic carbocycles. The van der Waals surface area contributed by atoms with E-state index in [1.807, 2.05) is 0 Å². The van der Waals surface area contributed by atoms with Gasteiger partial charge in [-0.2, -0.15) is 0 Å². The summed E-state index contributed by atoms with van der Waals surface area (Å²) in [6.45, 7) is 3.39. The van der Waals surface area contributed by atoms with Crippen molar-refractivity contribution in [1.29, 1.82) is 0 Å². The van der Waals surface area contributed by atoms with E-state index in [4.69, 9.17) is 46.4 Å². The molecule has 2 rings (SSSR count). The first-order valence-corrected chi connectivity index (χ1v) is 8.82. The third kappa shape index (κ3) is 4.21. The Hall–Kier alpha value is -0.190. The van der Waals surface area contributed by atoms with Crippen molar-refractivity contribution in [2.75, 3.05) is 18.4 Å². The number of likely N-dealkylation sites (tertiary alicyclic amines) is 1. The van der Waals surface area contributed by atoms with E-state index in [1.54, 1.807) is 0 Å². The molecule has 122 valence electrons. The van der Waals surface area contributed by atoms with Crippen LogP contribution in [-0.4, -0.2) is 29.9 Å². The topological polar surface area (TPSA) is 32.3 Å².